The number of nitrogens with one attached hydrogen (secondary N) is 1. The van der Waals surface area contributed by atoms with Gasteiger partial charge < -0.3 is 0 Å². The predicted molar refractivity (Wildman–Crippen MR) is 66.1 cm³/mol. The van der Waals surface area contributed by atoms with Crippen LogP contribution >= 0.6 is 11.3 Å². The molecule has 0 radical (unpaired) electrons. The topological polar surface area (TPSA) is 34.1 Å². The third-order valence-corrected chi connectivity index (χ3v) is 3.32. The zero-order valence-electron chi connectivity index (χ0n) is 9.36. The number of aromatic nitrogens is 1. The van der Waals surface area contributed by atoms with Crippen molar-refractivity contribution in [1.82, 2.24) is 10.5 Å². The van der Waals surface area contributed by atoms with Crippen LogP contribution in [0.2, 0.25) is 0 Å². The molecule has 0 saturated heterocycles. The van der Waals surface area contributed by atoms with Gasteiger partial charge in [-0.25, -0.2) is 10.5 Å². The van der Waals surface area contributed by atoms with Gasteiger partial charge in [0.1, 0.15) is 0 Å². The van der Waals surface area contributed by atoms with Crippen LogP contribution in [0.15, 0.2) is 29.8 Å². The van der Waals surface area contributed by atoms with E-state index in [0.29, 0.717) is 6.61 Å². The van der Waals surface area contributed by atoms with Gasteiger partial charge in [0.2, 0.25) is 0 Å². The minimum Gasteiger partial charge on any atom is -0.297 e. The minimum absolute atomic E-state index is 0.582. The fourth-order valence-electron chi connectivity index (χ4n) is 1.49. The number of nitrogens with zero attached hydrogens (tertiary/aromatic N) is 1. The van der Waals surface area contributed by atoms with Gasteiger partial charge in [-0.2, -0.15) is 0 Å². The van der Waals surface area contributed by atoms with Crippen LogP contribution in [-0.2, 0) is 11.4 Å². The van der Waals surface area contributed by atoms with Crippen molar-refractivity contribution in [3.05, 3.63) is 41.0 Å². The predicted octanol–water partition coefficient (Wildman–Crippen LogP) is 2.77. The van der Waals surface area contributed by atoms with Gasteiger partial charge in [-0.3, -0.25) is 4.84 Å². The minimum atomic E-state index is 0.582. The molecule has 3 nitrogen and oxygen atoms in total. The van der Waals surface area contributed by atoms with Crippen LogP contribution in [0.3, 0.4) is 0 Å². The Morgan fingerprint density at radius 2 is 2.06 bits per heavy atom. The van der Waals surface area contributed by atoms with Crippen molar-refractivity contribution in [2.75, 3.05) is 7.05 Å². The van der Waals surface area contributed by atoms with E-state index in [2.05, 4.69) is 34.7 Å². The van der Waals surface area contributed by atoms with Crippen LogP contribution in [-0.4, -0.2) is 12.0 Å². The Bertz CT molecular complexity index is 450. The smallest absolute Gasteiger partial charge is 0.0932 e. The normalized spacial score (nSPS) is 10.6. The molecule has 0 aliphatic rings. The van der Waals surface area contributed by atoms with Gasteiger partial charge in [0.25, 0.3) is 0 Å². The number of hydrogen-bond acceptors (Lipinski definition) is 4. The van der Waals surface area contributed by atoms with E-state index < -0.39 is 0 Å². The molecule has 0 atom stereocenters. The Balaban J connectivity index is 2.16. The first-order valence-corrected chi connectivity index (χ1v) is 5.97. The first-order chi connectivity index (χ1) is 7.81. The number of rotatable bonds is 4. The number of thiazole rings is 1. The maximum absolute atomic E-state index is 5.11. The van der Waals surface area contributed by atoms with E-state index in [4.69, 9.17) is 4.84 Å². The van der Waals surface area contributed by atoms with Crippen LogP contribution in [0.4, 0.5) is 0 Å². The highest BCUT2D eigenvalue weighted by Gasteiger charge is 2.04. The van der Waals surface area contributed by atoms with E-state index in [1.54, 1.807) is 18.4 Å². The number of hydroxylamine groups is 1. The fourth-order valence-corrected chi connectivity index (χ4v) is 2.30. The summed E-state index contributed by atoms with van der Waals surface area (Å²) in [5.41, 5.74) is 7.99. The van der Waals surface area contributed by atoms with Gasteiger partial charge in [-0.05, 0) is 18.1 Å². The molecule has 0 fully saturated rings. The highest BCUT2D eigenvalue weighted by atomic mass is 32.1. The average molecular weight is 234 g/mol. The van der Waals surface area contributed by atoms with Crippen molar-refractivity contribution >= 4 is 11.3 Å². The lowest BCUT2D eigenvalue weighted by Gasteiger charge is -2.03. The summed E-state index contributed by atoms with van der Waals surface area (Å²) < 4.78 is 0. The average Bonchev–Trinajstić information content (AvgIpc) is 2.74. The highest BCUT2D eigenvalue weighted by molar-refractivity contribution is 7.13. The quantitative estimate of drug-likeness (QED) is 0.826. The van der Waals surface area contributed by atoms with Crippen LogP contribution in [0.1, 0.15) is 11.3 Å². The third kappa shape index (κ3) is 2.47. The van der Waals surface area contributed by atoms with Crippen molar-refractivity contribution in [2.24, 2.45) is 0 Å². The van der Waals surface area contributed by atoms with E-state index in [1.165, 1.54) is 10.4 Å². The van der Waals surface area contributed by atoms with Crippen LogP contribution in [0.5, 0.6) is 0 Å². The molecule has 1 N–H and O–H groups in total. The highest BCUT2D eigenvalue weighted by Crippen LogP contribution is 2.27. The third-order valence-electron chi connectivity index (χ3n) is 2.34. The number of benzene rings is 1. The molecule has 0 amide bonds. The zero-order chi connectivity index (χ0) is 11.4. The molecule has 0 saturated carbocycles. The largest absolute Gasteiger partial charge is 0.297 e. The monoisotopic (exact) mass is 234 g/mol. The van der Waals surface area contributed by atoms with Gasteiger partial charge in [-0.1, -0.05) is 24.3 Å². The number of aryl methyl sites for hydroxylation is 1. The lowest BCUT2D eigenvalue weighted by atomic mass is 10.1. The van der Waals surface area contributed by atoms with E-state index in [9.17, 15) is 0 Å². The maximum Gasteiger partial charge on any atom is 0.0932 e. The standard InChI is InChI=1S/C12H14N2OS/c1-9-12(16-8-14-9)11-5-3-10(4-6-11)7-15-13-2/h3-6,8,13H,7H2,1-2H3. The van der Waals surface area contributed by atoms with Crippen molar-refractivity contribution in [3.8, 4) is 10.4 Å². The van der Waals surface area contributed by atoms with Gasteiger partial charge >= 0.3 is 0 Å². The summed E-state index contributed by atoms with van der Waals surface area (Å²) in [7, 11) is 1.76. The molecule has 0 spiro atoms. The van der Waals surface area contributed by atoms with E-state index in [1.807, 2.05) is 12.4 Å². The first kappa shape index (κ1) is 11.3. The summed E-state index contributed by atoms with van der Waals surface area (Å²) in [5.74, 6) is 0. The second-order valence-electron chi connectivity index (χ2n) is 3.46. The van der Waals surface area contributed by atoms with Crippen LogP contribution < -0.4 is 5.48 Å². The molecule has 1 aromatic heterocycles. The number of hydrogen-bond donors (Lipinski definition) is 1. The molecule has 0 bridgehead atoms. The summed E-state index contributed by atoms with van der Waals surface area (Å²) in [6.07, 6.45) is 0. The van der Waals surface area contributed by atoms with E-state index in [0.717, 1.165) is 11.3 Å². The summed E-state index contributed by atoms with van der Waals surface area (Å²) >= 11 is 1.67. The van der Waals surface area contributed by atoms with Gasteiger partial charge in [0, 0.05) is 7.05 Å². The maximum atomic E-state index is 5.11. The second kappa shape index (κ2) is 5.21. The molecule has 2 aromatic rings. The Hall–Kier alpha value is -1.23. The summed E-state index contributed by atoms with van der Waals surface area (Å²) in [4.78, 5) is 10.6. The van der Waals surface area contributed by atoms with Crippen LogP contribution in [0.25, 0.3) is 10.4 Å². The van der Waals surface area contributed by atoms with E-state index >= 15 is 0 Å². The van der Waals surface area contributed by atoms with Crippen molar-refractivity contribution in [3.63, 3.8) is 0 Å². The molecule has 1 aromatic carbocycles. The molecule has 0 aliphatic carbocycles. The molecule has 4 heteroatoms. The van der Waals surface area contributed by atoms with Gasteiger partial charge in [0.05, 0.1) is 22.7 Å². The fraction of sp³-hybridized carbons (Fsp3) is 0.250. The Kier molecular flexibility index (Phi) is 3.66. The van der Waals surface area contributed by atoms with Gasteiger partial charge in [-0.15, -0.1) is 11.3 Å². The molecule has 0 unspecified atom stereocenters. The Morgan fingerprint density at radius 3 is 2.62 bits per heavy atom. The Labute approximate surface area is 99.1 Å². The molecule has 1 heterocycles. The zero-order valence-corrected chi connectivity index (χ0v) is 10.2. The lowest BCUT2D eigenvalue weighted by Crippen LogP contribution is -2.06. The van der Waals surface area contributed by atoms with Crippen LogP contribution in [0, 0.1) is 6.92 Å². The van der Waals surface area contributed by atoms with Crippen molar-refractivity contribution < 1.29 is 4.84 Å². The summed E-state index contributed by atoms with van der Waals surface area (Å²) in [6.45, 7) is 2.61. The SMILES string of the molecule is CNOCc1ccc(-c2scnc2C)cc1. The van der Waals surface area contributed by atoms with E-state index in [-0.39, 0.29) is 0 Å². The first-order valence-electron chi connectivity index (χ1n) is 5.09. The molecular weight excluding hydrogens is 220 g/mol. The lowest BCUT2D eigenvalue weighted by molar-refractivity contribution is 0.0444. The Morgan fingerprint density at radius 1 is 1.31 bits per heavy atom. The molecular formula is C12H14N2OS. The molecule has 16 heavy (non-hydrogen) atoms. The summed E-state index contributed by atoms with van der Waals surface area (Å²) in [6, 6.07) is 8.36. The van der Waals surface area contributed by atoms with Crippen molar-refractivity contribution in [2.45, 2.75) is 13.5 Å². The van der Waals surface area contributed by atoms with Crippen molar-refractivity contribution in [1.29, 1.82) is 0 Å². The molecule has 2 rings (SSSR count). The second-order valence-corrected chi connectivity index (χ2v) is 4.31. The molecule has 84 valence electrons. The summed E-state index contributed by atoms with van der Waals surface area (Å²) in [5, 5.41) is 0. The molecule has 0 aliphatic heterocycles. The van der Waals surface area contributed by atoms with Gasteiger partial charge in [0.15, 0.2) is 0 Å².